The molecule has 16 heavy (non-hydrogen) atoms. The number of hydrogen-bond donors (Lipinski definition) is 1. The van der Waals surface area contributed by atoms with E-state index in [1.807, 2.05) is 6.92 Å². The van der Waals surface area contributed by atoms with Crippen LogP contribution in [0, 0.1) is 5.92 Å². The maximum atomic E-state index is 5.45. The van der Waals surface area contributed by atoms with E-state index >= 15 is 0 Å². The molecule has 0 bridgehead atoms. The van der Waals surface area contributed by atoms with Gasteiger partial charge in [0.1, 0.15) is 0 Å². The largest absolute Gasteiger partial charge is 0.376 e. The monoisotopic (exact) mass is 225 g/mol. The summed E-state index contributed by atoms with van der Waals surface area (Å²) in [5.74, 6) is 0.906. The molecule has 0 unspecified atom stereocenters. The smallest absolute Gasteiger partial charge is 0.0672 e. The molecule has 1 fully saturated rings. The van der Waals surface area contributed by atoms with Gasteiger partial charge in [0.05, 0.1) is 13.2 Å². The molecule has 2 heteroatoms. The molecule has 1 rings (SSSR count). The van der Waals surface area contributed by atoms with Crippen LogP contribution in [0.4, 0.5) is 0 Å². The van der Waals surface area contributed by atoms with Gasteiger partial charge in [-0.05, 0) is 32.2 Å². The van der Waals surface area contributed by atoms with E-state index in [2.05, 4.69) is 11.9 Å². The van der Waals surface area contributed by atoms with Crippen LogP contribution in [-0.2, 0) is 4.74 Å². The molecule has 1 N–H and O–H groups in total. The molecule has 0 aromatic carbocycles. The molecule has 0 spiro atoms. The second-order valence-corrected chi connectivity index (χ2v) is 5.07. The minimum Gasteiger partial charge on any atom is -0.376 e. The Morgan fingerprint density at radius 2 is 1.94 bits per heavy atom. The number of ether oxygens (including phenoxy) is 1. The SMILES string of the molecule is C=C(C)COCCNCC1CCCCCC1. The lowest BCUT2D eigenvalue weighted by atomic mass is 10.0. The molecule has 2 nitrogen and oxygen atoms in total. The van der Waals surface area contributed by atoms with Crippen LogP contribution >= 0.6 is 0 Å². The fraction of sp³-hybridized carbons (Fsp3) is 0.857. The van der Waals surface area contributed by atoms with Crippen LogP contribution in [0.3, 0.4) is 0 Å². The predicted molar refractivity (Wildman–Crippen MR) is 69.7 cm³/mol. The van der Waals surface area contributed by atoms with E-state index in [0.29, 0.717) is 6.61 Å². The van der Waals surface area contributed by atoms with Crippen LogP contribution in [0.5, 0.6) is 0 Å². The fourth-order valence-corrected chi connectivity index (χ4v) is 2.26. The topological polar surface area (TPSA) is 21.3 Å². The van der Waals surface area contributed by atoms with Crippen molar-refractivity contribution in [3.63, 3.8) is 0 Å². The summed E-state index contributed by atoms with van der Waals surface area (Å²) in [7, 11) is 0. The summed E-state index contributed by atoms with van der Waals surface area (Å²) in [4.78, 5) is 0. The van der Waals surface area contributed by atoms with Crippen molar-refractivity contribution in [3.8, 4) is 0 Å². The van der Waals surface area contributed by atoms with E-state index in [1.165, 1.54) is 45.1 Å². The molecule has 0 radical (unpaired) electrons. The fourth-order valence-electron chi connectivity index (χ4n) is 2.26. The van der Waals surface area contributed by atoms with Crippen molar-refractivity contribution in [3.05, 3.63) is 12.2 Å². The molecular formula is C14H27NO. The van der Waals surface area contributed by atoms with E-state index in [1.54, 1.807) is 0 Å². The Morgan fingerprint density at radius 1 is 1.25 bits per heavy atom. The molecular weight excluding hydrogens is 198 g/mol. The van der Waals surface area contributed by atoms with E-state index in [0.717, 1.165) is 24.6 Å². The van der Waals surface area contributed by atoms with Gasteiger partial charge in [0, 0.05) is 6.54 Å². The van der Waals surface area contributed by atoms with Crippen LogP contribution in [0.2, 0.25) is 0 Å². The van der Waals surface area contributed by atoms with E-state index < -0.39 is 0 Å². The average Bonchev–Trinajstić information content (AvgIpc) is 2.51. The van der Waals surface area contributed by atoms with Gasteiger partial charge in [0.15, 0.2) is 0 Å². The highest BCUT2D eigenvalue weighted by Gasteiger charge is 2.10. The molecule has 1 aliphatic carbocycles. The molecule has 0 aromatic rings. The minimum atomic E-state index is 0.700. The summed E-state index contributed by atoms with van der Waals surface area (Å²) in [6.45, 7) is 9.47. The summed E-state index contributed by atoms with van der Waals surface area (Å²) < 4.78 is 5.45. The van der Waals surface area contributed by atoms with Crippen molar-refractivity contribution in [1.29, 1.82) is 0 Å². The molecule has 0 amide bonds. The van der Waals surface area contributed by atoms with Crippen molar-refractivity contribution in [2.75, 3.05) is 26.3 Å². The minimum absolute atomic E-state index is 0.700. The van der Waals surface area contributed by atoms with Crippen molar-refractivity contribution in [1.82, 2.24) is 5.32 Å². The lowest BCUT2D eigenvalue weighted by Gasteiger charge is -2.14. The molecule has 0 heterocycles. The first kappa shape index (κ1) is 13.7. The third kappa shape index (κ3) is 7.02. The first-order valence-corrected chi connectivity index (χ1v) is 6.72. The highest BCUT2D eigenvalue weighted by Crippen LogP contribution is 2.21. The normalized spacial score (nSPS) is 18.3. The van der Waals surface area contributed by atoms with Crippen LogP contribution in [-0.4, -0.2) is 26.3 Å². The third-order valence-corrected chi connectivity index (χ3v) is 3.18. The Labute approximate surface area is 100 Å². The standard InChI is InChI=1S/C14H27NO/c1-13(2)12-16-10-9-15-11-14-7-5-3-4-6-8-14/h14-15H,1,3-12H2,2H3. The molecule has 94 valence electrons. The van der Waals surface area contributed by atoms with E-state index in [-0.39, 0.29) is 0 Å². The van der Waals surface area contributed by atoms with Gasteiger partial charge in [-0.3, -0.25) is 0 Å². The maximum absolute atomic E-state index is 5.45. The van der Waals surface area contributed by atoms with Crippen molar-refractivity contribution >= 4 is 0 Å². The van der Waals surface area contributed by atoms with Crippen LogP contribution < -0.4 is 5.32 Å². The molecule has 0 aliphatic heterocycles. The Morgan fingerprint density at radius 3 is 2.56 bits per heavy atom. The average molecular weight is 225 g/mol. The molecule has 1 aliphatic rings. The van der Waals surface area contributed by atoms with Gasteiger partial charge in [-0.15, -0.1) is 0 Å². The summed E-state index contributed by atoms with van der Waals surface area (Å²) in [5, 5.41) is 3.50. The van der Waals surface area contributed by atoms with E-state index in [9.17, 15) is 0 Å². The lowest BCUT2D eigenvalue weighted by molar-refractivity contribution is 0.156. The second kappa shape index (κ2) is 8.77. The first-order chi connectivity index (χ1) is 7.79. The second-order valence-electron chi connectivity index (χ2n) is 5.07. The summed E-state index contributed by atoms with van der Waals surface area (Å²) in [6, 6.07) is 0. The van der Waals surface area contributed by atoms with Gasteiger partial charge in [-0.2, -0.15) is 0 Å². The predicted octanol–water partition coefficient (Wildman–Crippen LogP) is 3.14. The zero-order valence-electron chi connectivity index (χ0n) is 10.8. The summed E-state index contributed by atoms with van der Waals surface area (Å²) in [5.41, 5.74) is 1.10. The van der Waals surface area contributed by atoms with Crippen LogP contribution in [0.15, 0.2) is 12.2 Å². The maximum Gasteiger partial charge on any atom is 0.0672 e. The quantitative estimate of drug-likeness (QED) is 0.408. The zero-order chi connectivity index (χ0) is 11.6. The molecule has 0 atom stereocenters. The summed E-state index contributed by atoms with van der Waals surface area (Å²) >= 11 is 0. The molecule has 0 aromatic heterocycles. The molecule has 0 saturated heterocycles. The van der Waals surface area contributed by atoms with Gasteiger partial charge in [-0.25, -0.2) is 0 Å². The van der Waals surface area contributed by atoms with Gasteiger partial charge in [-0.1, -0.05) is 37.8 Å². The van der Waals surface area contributed by atoms with Gasteiger partial charge in [0.2, 0.25) is 0 Å². The Kier molecular flexibility index (Phi) is 7.52. The van der Waals surface area contributed by atoms with Crippen LogP contribution in [0.25, 0.3) is 0 Å². The van der Waals surface area contributed by atoms with Crippen molar-refractivity contribution < 1.29 is 4.74 Å². The van der Waals surface area contributed by atoms with Gasteiger partial charge in [0.25, 0.3) is 0 Å². The van der Waals surface area contributed by atoms with Crippen molar-refractivity contribution in [2.24, 2.45) is 5.92 Å². The molecule has 1 saturated carbocycles. The third-order valence-electron chi connectivity index (χ3n) is 3.18. The van der Waals surface area contributed by atoms with Gasteiger partial charge >= 0.3 is 0 Å². The number of nitrogens with one attached hydrogen (secondary N) is 1. The number of rotatable bonds is 7. The first-order valence-electron chi connectivity index (χ1n) is 6.72. The van der Waals surface area contributed by atoms with Crippen molar-refractivity contribution in [2.45, 2.75) is 45.4 Å². The Hall–Kier alpha value is -0.340. The van der Waals surface area contributed by atoms with E-state index in [4.69, 9.17) is 4.74 Å². The summed E-state index contributed by atoms with van der Waals surface area (Å²) in [6.07, 6.45) is 8.58. The van der Waals surface area contributed by atoms with Crippen LogP contribution in [0.1, 0.15) is 45.4 Å². The van der Waals surface area contributed by atoms with Gasteiger partial charge < -0.3 is 10.1 Å². The Balaban J connectivity index is 1.91. The lowest BCUT2D eigenvalue weighted by Crippen LogP contribution is -2.26. The highest BCUT2D eigenvalue weighted by molar-refractivity contribution is 4.87. The number of hydrogen-bond acceptors (Lipinski definition) is 2. The zero-order valence-corrected chi connectivity index (χ0v) is 10.8. The Bertz CT molecular complexity index is 183. The highest BCUT2D eigenvalue weighted by atomic mass is 16.5.